The van der Waals surface area contributed by atoms with E-state index >= 15 is 0 Å². The van der Waals surface area contributed by atoms with Gasteiger partial charge in [0.1, 0.15) is 0 Å². The lowest BCUT2D eigenvalue weighted by Crippen LogP contribution is -2.63. The lowest BCUT2D eigenvalue weighted by Gasteiger charge is -2.39. The summed E-state index contributed by atoms with van der Waals surface area (Å²) in [5, 5.41) is 2.58. The number of fused-ring (bicyclic) bond motifs is 1. The van der Waals surface area contributed by atoms with Crippen molar-refractivity contribution in [1.82, 2.24) is 0 Å². The first kappa shape index (κ1) is 17.4. The van der Waals surface area contributed by atoms with Crippen molar-refractivity contribution in [1.29, 1.82) is 0 Å². The SMILES string of the molecule is O=C1CC2C[Si](c3ccccc3)(c3ccccc3)OCC2=C1c1ccccc1. The van der Waals surface area contributed by atoms with Crippen LogP contribution in [0.4, 0.5) is 0 Å². The zero-order chi connectivity index (χ0) is 19.0. The number of benzene rings is 3. The molecule has 3 heteroatoms. The van der Waals surface area contributed by atoms with Gasteiger partial charge >= 0.3 is 0 Å². The van der Waals surface area contributed by atoms with Crippen LogP contribution in [-0.4, -0.2) is 20.7 Å². The highest BCUT2D eigenvalue weighted by atomic mass is 28.4. The zero-order valence-electron chi connectivity index (χ0n) is 15.7. The molecule has 3 aromatic carbocycles. The van der Waals surface area contributed by atoms with Gasteiger partial charge in [-0.15, -0.1) is 0 Å². The summed E-state index contributed by atoms with van der Waals surface area (Å²) in [5.41, 5.74) is 3.13. The fraction of sp³-hybridized carbons (Fsp3) is 0.160. The number of rotatable bonds is 3. The van der Waals surface area contributed by atoms with Crippen LogP contribution in [0.2, 0.25) is 6.04 Å². The Balaban J connectivity index is 1.60. The Kier molecular flexibility index (Phi) is 4.34. The predicted molar refractivity (Wildman–Crippen MR) is 115 cm³/mol. The second-order valence-electron chi connectivity index (χ2n) is 7.64. The van der Waals surface area contributed by atoms with Gasteiger partial charge in [-0.25, -0.2) is 0 Å². The maximum Gasteiger partial charge on any atom is 0.256 e. The summed E-state index contributed by atoms with van der Waals surface area (Å²) in [5.74, 6) is 0.546. The van der Waals surface area contributed by atoms with E-state index in [4.69, 9.17) is 4.43 Å². The predicted octanol–water partition coefficient (Wildman–Crippen LogP) is 3.82. The summed E-state index contributed by atoms with van der Waals surface area (Å²) in [6, 6.07) is 32.3. The van der Waals surface area contributed by atoms with Gasteiger partial charge in [-0.2, -0.15) is 0 Å². The monoisotopic (exact) mass is 382 g/mol. The van der Waals surface area contributed by atoms with E-state index in [1.165, 1.54) is 15.9 Å². The number of allylic oxidation sites excluding steroid dienone is 1. The molecule has 0 spiro atoms. The minimum absolute atomic E-state index is 0.265. The summed E-state index contributed by atoms with van der Waals surface area (Å²) < 4.78 is 6.78. The van der Waals surface area contributed by atoms with Crippen LogP contribution in [0.25, 0.3) is 5.57 Å². The first-order chi connectivity index (χ1) is 13.8. The molecule has 0 saturated carbocycles. The van der Waals surface area contributed by atoms with Crippen LogP contribution in [0.1, 0.15) is 12.0 Å². The average Bonchev–Trinajstić information content (AvgIpc) is 3.10. The van der Waals surface area contributed by atoms with E-state index in [1.807, 2.05) is 30.3 Å². The quantitative estimate of drug-likeness (QED) is 0.644. The normalized spacial score (nSPS) is 20.9. The van der Waals surface area contributed by atoms with E-state index in [0.29, 0.717) is 13.0 Å². The largest absolute Gasteiger partial charge is 0.404 e. The van der Waals surface area contributed by atoms with Gasteiger partial charge in [0.05, 0.1) is 6.61 Å². The lowest BCUT2D eigenvalue weighted by atomic mass is 9.99. The summed E-state index contributed by atoms with van der Waals surface area (Å²) in [7, 11) is -2.37. The Hall–Kier alpha value is -2.75. The number of ketones is 1. The van der Waals surface area contributed by atoms with Gasteiger partial charge in [-0.1, -0.05) is 91.0 Å². The number of Topliss-reactive ketones (excluding diaryl/α,β-unsaturated/α-hetero) is 1. The molecule has 1 unspecified atom stereocenters. The van der Waals surface area contributed by atoms with Crippen molar-refractivity contribution in [2.24, 2.45) is 5.92 Å². The second kappa shape index (κ2) is 7.01. The van der Waals surface area contributed by atoms with Crippen molar-refractivity contribution in [3.8, 4) is 0 Å². The smallest absolute Gasteiger partial charge is 0.256 e. The Morgan fingerprint density at radius 1 is 0.750 bits per heavy atom. The van der Waals surface area contributed by atoms with Gasteiger partial charge in [-0.05, 0) is 33.5 Å². The van der Waals surface area contributed by atoms with Crippen LogP contribution in [0.3, 0.4) is 0 Å². The van der Waals surface area contributed by atoms with Crippen molar-refractivity contribution in [3.05, 3.63) is 102 Å². The fourth-order valence-electron chi connectivity index (χ4n) is 4.76. The molecule has 2 nitrogen and oxygen atoms in total. The Bertz CT molecular complexity index is 986. The molecule has 1 aliphatic carbocycles. The van der Waals surface area contributed by atoms with Crippen molar-refractivity contribution < 1.29 is 9.22 Å². The molecule has 2 aliphatic rings. The number of carbonyl (C=O) groups excluding carboxylic acids is 1. The van der Waals surface area contributed by atoms with Crippen LogP contribution in [0.15, 0.2) is 96.6 Å². The first-order valence-electron chi connectivity index (χ1n) is 9.84. The molecule has 0 bridgehead atoms. The summed E-state index contributed by atoms with van der Waals surface area (Å²) in [6.07, 6.45) is 0.608. The van der Waals surface area contributed by atoms with Crippen LogP contribution < -0.4 is 10.4 Å². The van der Waals surface area contributed by atoms with Gasteiger partial charge in [-0.3, -0.25) is 4.79 Å². The van der Waals surface area contributed by atoms with E-state index in [-0.39, 0.29) is 11.7 Å². The van der Waals surface area contributed by atoms with Crippen LogP contribution in [0, 0.1) is 5.92 Å². The topological polar surface area (TPSA) is 26.3 Å². The highest BCUT2D eigenvalue weighted by Crippen LogP contribution is 2.43. The van der Waals surface area contributed by atoms with Crippen LogP contribution in [-0.2, 0) is 9.22 Å². The molecule has 1 atom stereocenters. The van der Waals surface area contributed by atoms with Crippen molar-refractivity contribution in [2.75, 3.05) is 6.61 Å². The molecule has 1 fully saturated rings. The molecule has 0 amide bonds. The Morgan fingerprint density at radius 2 is 1.29 bits per heavy atom. The van der Waals surface area contributed by atoms with Crippen LogP contribution in [0.5, 0.6) is 0 Å². The minimum atomic E-state index is -2.37. The highest BCUT2D eigenvalue weighted by molar-refractivity contribution is 6.97. The second-order valence-corrected chi connectivity index (χ2v) is 11.1. The van der Waals surface area contributed by atoms with Crippen molar-refractivity contribution >= 4 is 30.0 Å². The summed E-state index contributed by atoms with van der Waals surface area (Å²) in [6.45, 7) is 0.552. The molecule has 0 radical (unpaired) electrons. The zero-order valence-corrected chi connectivity index (χ0v) is 16.7. The standard InChI is InChI=1S/C25H22O2Si/c26-24-16-20-18-28(21-12-6-2-7-13-21,22-14-8-3-9-15-22)27-17-23(20)25(24)19-10-4-1-5-11-19/h1-15,20H,16-18H2. The van der Waals surface area contributed by atoms with Gasteiger partial charge < -0.3 is 4.43 Å². The van der Waals surface area contributed by atoms with Crippen molar-refractivity contribution in [3.63, 3.8) is 0 Å². The number of hydrogen-bond donors (Lipinski definition) is 0. The summed E-state index contributed by atoms with van der Waals surface area (Å²) in [4.78, 5) is 12.9. The van der Waals surface area contributed by atoms with E-state index in [2.05, 4.69) is 60.7 Å². The molecular weight excluding hydrogens is 360 g/mol. The molecule has 138 valence electrons. The van der Waals surface area contributed by atoms with Gasteiger partial charge in [0.25, 0.3) is 8.32 Å². The third kappa shape index (κ3) is 2.79. The minimum Gasteiger partial charge on any atom is -0.404 e. The number of hydrogen-bond acceptors (Lipinski definition) is 2. The van der Waals surface area contributed by atoms with Gasteiger partial charge in [0.15, 0.2) is 5.78 Å². The van der Waals surface area contributed by atoms with E-state index in [1.54, 1.807) is 0 Å². The summed E-state index contributed by atoms with van der Waals surface area (Å²) >= 11 is 0. The third-order valence-electron chi connectivity index (χ3n) is 6.08. The molecule has 3 aromatic rings. The molecule has 5 rings (SSSR count). The molecule has 1 heterocycles. The Labute approximate surface area is 166 Å². The van der Waals surface area contributed by atoms with E-state index < -0.39 is 8.32 Å². The Morgan fingerprint density at radius 3 is 1.86 bits per heavy atom. The molecular formula is C25H22O2Si. The molecule has 1 saturated heterocycles. The van der Waals surface area contributed by atoms with Gasteiger partial charge in [0, 0.05) is 12.0 Å². The van der Waals surface area contributed by atoms with Gasteiger partial charge in [0.2, 0.25) is 0 Å². The van der Waals surface area contributed by atoms with Crippen LogP contribution >= 0.6 is 0 Å². The molecule has 0 aromatic heterocycles. The maximum atomic E-state index is 12.9. The fourth-order valence-corrected chi connectivity index (χ4v) is 8.96. The molecule has 28 heavy (non-hydrogen) atoms. The van der Waals surface area contributed by atoms with E-state index in [0.717, 1.165) is 17.2 Å². The third-order valence-corrected chi connectivity index (χ3v) is 10.3. The van der Waals surface area contributed by atoms with E-state index in [9.17, 15) is 4.79 Å². The highest BCUT2D eigenvalue weighted by Gasteiger charge is 2.49. The first-order valence-corrected chi connectivity index (χ1v) is 12.0. The molecule has 0 N–H and O–H groups in total. The molecule has 1 aliphatic heterocycles. The lowest BCUT2D eigenvalue weighted by molar-refractivity contribution is -0.113. The maximum absolute atomic E-state index is 12.9. The van der Waals surface area contributed by atoms with Crippen molar-refractivity contribution in [2.45, 2.75) is 12.5 Å². The average molecular weight is 383 g/mol. The number of carbonyl (C=O) groups is 1.